The number of pyridine rings is 1. The third-order valence-corrected chi connectivity index (χ3v) is 4.32. The van der Waals surface area contributed by atoms with Gasteiger partial charge in [0.05, 0.1) is 29.0 Å². The minimum absolute atomic E-state index is 0.170. The molecule has 2 fully saturated rings. The van der Waals surface area contributed by atoms with Gasteiger partial charge in [-0.1, -0.05) is 11.6 Å². The van der Waals surface area contributed by atoms with Gasteiger partial charge in [0.2, 0.25) is 0 Å². The average Bonchev–Trinajstić information content (AvgIpc) is 2.87. The first-order chi connectivity index (χ1) is 9.19. The van der Waals surface area contributed by atoms with Crippen LogP contribution in [0.2, 0.25) is 5.02 Å². The molecule has 3 unspecified atom stereocenters. The summed E-state index contributed by atoms with van der Waals surface area (Å²) in [4.78, 5) is 4.21. The van der Waals surface area contributed by atoms with Crippen LogP contribution in [-0.4, -0.2) is 35.5 Å². The topological polar surface area (TPSA) is 51.6 Å². The van der Waals surface area contributed by atoms with E-state index >= 15 is 0 Å². The van der Waals surface area contributed by atoms with Crippen LogP contribution >= 0.6 is 11.6 Å². The highest BCUT2D eigenvalue weighted by Crippen LogP contribution is 2.40. The van der Waals surface area contributed by atoms with Crippen molar-refractivity contribution in [3.05, 3.63) is 29.0 Å². The molecule has 3 heterocycles. The maximum atomic E-state index is 10.5. The molecule has 2 aliphatic rings. The Labute approximate surface area is 117 Å². The lowest BCUT2D eigenvalue weighted by Gasteiger charge is -2.38. The lowest BCUT2D eigenvalue weighted by molar-refractivity contribution is -0.117. The summed E-state index contributed by atoms with van der Waals surface area (Å²) < 4.78 is 11.3. The van der Waals surface area contributed by atoms with Gasteiger partial charge in [0.25, 0.3) is 0 Å². The molecular weight excluding hydrogens is 266 g/mol. The van der Waals surface area contributed by atoms with Crippen LogP contribution in [0.4, 0.5) is 0 Å². The molecule has 0 aliphatic carbocycles. The fourth-order valence-corrected chi connectivity index (χ4v) is 3.11. The zero-order valence-electron chi connectivity index (χ0n) is 10.7. The number of rotatable bonds is 2. The summed E-state index contributed by atoms with van der Waals surface area (Å²) in [6, 6.07) is 3.56. The first-order valence-corrected chi connectivity index (χ1v) is 7.08. The van der Waals surface area contributed by atoms with Gasteiger partial charge < -0.3 is 14.6 Å². The Kier molecular flexibility index (Phi) is 3.76. The van der Waals surface area contributed by atoms with Gasteiger partial charge in [-0.15, -0.1) is 0 Å². The van der Waals surface area contributed by atoms with Crippen LogP contribution in [0.3, 0.4) is 0 Å². The fraction of sp³-hybridized carbons (Fsp3) is 0.643. The summed E-state index contributed by atoms with van der Waals surface area (Å²) in [5.74, 6) is 0.170. The number of hydrogen-bond donors (Lipinski definition) is 1. The second-order valence-corrected chi connectivity index (χ2v) is 5.87. The highest BCUT2D eigenvalue weighted by Gasteiger charge is 2.43. The molecule has 1 N–H and O–H groups in total. The first-order valence-electron chi connectivity index (χ1n) is 6.70. The van der Waals surface area contributed by atoms with E-state index < -0.39 is 6.10 Å². The van der Waals surface area contributed by atoms with Crippen LogP contribution in [-0.2, 0) is 9.47 Å². The van der Waals surface area contributed by atoms with Crippen molar-refractivity contribution in [3.63, 3.8) is 0 Å². The minimum atomic E-state index is -0.557. The van der Waals surface area contributed by atoms with Gasteiger partial charge in [-0.2, -0.15) is 0 Å². The van der Waals surface area contributed by atoms with E-state index in [1.807, 2.05) is 0 Å². The maximum absolute atomic E-state index is 10.5. The predicted octanol–water partition coefficient (Wildman–Crippen LogP) is 2.35. The Morgan fingerprint density at radius 3 is 3.00 bits per heavy atom. The summed E-state index contributed by atoms with van der Waals surface area (Å²) >= 11 is 5.82. The molecule has 0 bridgehead atoms. The quantitative estimate of drug-likeness (QED) is 0.905. The van der Waals surface area contributed by atoms with E-state index in [1.165, 1.54) is 0 Å². The summed E-state index contributed by atoms with van der Waals surface area (Å²) in [7, 11) is 0. The molecular formula is C14H18ClNO3. The molecule has 1 spiro atoms. The van der Waals surface area contributed by atoms with Gasteiger partial charge in [0, 0.05) is 25.8 Å². The monoisotopic (exact) mass is 283 g/mol. The molecule has 1 aromatic rings. The molecule has 0 saturated carbocycles. The molecule has 5 heteroatoms. The molecule has 1 aromatic heterocycles. The third-order valence-electron chi connectivity index (χ3n) is 4.10. The number of ether oxygens (including phenoxy) is 2. The smallest absolute Gasteiger partial charge is 0.0989 e. The Bertz CT molecular complexity index is 431. The number of nitrogens with zero attached hydrogens (tertiary/aromatic N) is 1. The Morgan fingerprint density at radius 2 is 2.32 bits per heavy atom. The van der Waals surface area contributed by atoms with Crippen LogP contribution in [0.5, 0.6) is 0 Å². The number of halogens is 1. The summed E-state index contributed by atoms with van der Waals surface area (Å²) in [5.41, 5.74) is 0.501. The van der Waals surface area contributed by atoms with Crippen molar-refractivity contribution in [1.29, 1.82) is 0 Å². The van der Waals surface area contributed by atoms with Gasteiger partial charge in [0.15, 0.2) is 0 Å². The number of aliphatic hydroxyl groups is 1. The lowest BCUT2D eigenvalue weighted by atomic mass is 9.81. The minimum Gasteiger partial charge on any atom is -0.387 e. The first kappa shape index (κ1) is 13.3. The average molecular weight is 284 g/mol. The second-order valence-electron chi connectivity index (χ2n) is 5.43. The van der Waals surface area contributed by atoms with E-state index in [4.69, 9.17) is 21.1 Å². The van der Waals surface area contributed by atoms with Gasteiger partial charge >= 0.3 is 0 Å². The Balaban J connectivity index is 1.72. The summed E-state index contributed by atoms with van der Waals surface area (Å²) in [6.07, 6.45) is 3.63. The number of aromatic nitrogens is 1. The Hall–Kier alpha value is -0.680. The largest absolute Gasteiger partial charge is 0.387 e. The van der Waals surface area contributed by atoms with Crippen molar-refractivity contribution in [2.45, 2.75) is 31.0 Å². The molecule has 2 aliphatic heterocycles. The van der Waals surface area contributed by atoms with Crippen molar-refractivity contribution in [2.24, 2.45) is 5.92 Å². The van der Waals surface area contributed by atoms with Crippen LogP contribution in [0.15, 0.2) is 18.3 Å². The van der Waals surface area contributed by atoms with E-state index in [0.29, 0.717) is 23.9 Å². The van der Waals surface area contributed by atoms with Crippen molar-refractivity contribution in [3.8, 4) is 0 Å². The Morgan fingerprint density at radius 1 is 1.42 bits per heavy atom. The summed E-state index contributed by atoms with van der Waals surface area (Å²) in [6.45, 7) is 2.07. The summed E-state index contributed by atoms with van der Waals surface area (Å²) in [5, 5.41) is 11.1. The molecule has 19 heavy (non-hydrogen) atoms. The SMILES string of the molecule is OC(c1ccc(Cl)cn1)C1CCOC2(CCOC2)C1. The highest BCUT2D eigenvalue weighted by atomic mass is 35.5. The van der Waals surface area contributed by atoms with Crippen LogP contribution in [0.25, 0.3) is 0 Å². The standard InChI is InChI=1S/C14H18ClNO3/c15-11-1-2-12(16-8-11)13(17)10-3-5-19-14(7-10)4-6-18-9-14/h1-2,8,10,13,17H,3-7,9H2. The van der Waals surface area contributed by atoms with Crippen LogP contribution < -0.4 is 0 Å². The number of hydrogen-bond acceptors (Lipinski definition) is 4. The van der Waals surface area contributed by atoms with E-state index in [0.717, 1.165) is 25.9 Å². The second kappa shape index (κ2) is 5.37. The number of aliphatic hydroxyl groups excluding tert-OH is 1. The molecule has 2 saturated heterocycles. The van der Waals surface area contributed by atoms with E-state index in [-0.39, 0.29) is 11.5 Å². The molecule has 0 radical (unpaired) electrons. The molecule has 0 amide bonds. The maximum Gasteiger partial charge on any atom is 0.0989 e. The van der Waals surface area contributed by atoms with Crippen molar-refractivity contribution >= 4 is 11.6 Å². The van der Waals surface area contributed by atoms with Crippen molar-refractivity contribution in [2.75, 3.05) is 19.8 Å². The van der Waals surface area contributed by atoms with Gasteiger partial charge in [0.1, 0.15) is 0 Å². The van der Waals surface area contributed by atoms with Crippen LogP contribution in [0.1, 0.15) is 31.1 Å². The molecule has 3 atom stereocenters. The molecule has 104 valence electrons. The normalized spacial score (nSPS) is 32.6. The zero-order chi connectivity index (χ0) is 13.3. The van der Waals surface area contributed by atoms with Crippen molar-refractivity contribution < 1.29 is 14.6 Å². The van der Waals surface area contributed by atoms with Gasteiger partial charge in [-0.3, -0.25) is 4.98 Å². The van der Waals surface area contributed by atoms with E-state index in [1.54, 1.807) is 18.3 Å². The van der Waals surface area contributed by atoms with Crippen LogP contribution in [0, 0.1) is 5.92 Å². The predicted molar refractivity (Wildman–Crippen MR) is 71.0 cm³/mol. The van der Waals surface area contributed by atoms with E-state index in [9.17, 15) is 5.11 Å². The molecule has 4 nitrogen and oxygen atoms in total. The van der Waals surface area contributed by atoms with Gasteiger partial charge in [-0.25, -0.2) is 0 Å². The van der Waals surface area contributed by atoms with Crippen molar-refractivity contribution in [1.82, 2.24) is 4.98 Å². The zero-order valence-corrected chi connectivity index (χ0v) is 11.5. The van der Waals surface area contributed by atoms with Gasteiger partial charge in [-0.05, 0) is 30.9 Å². The lowest BCUT2D eigenvalue weighted by Crippen LogP contribution is -2.42. The fourth-order valence-electron chi connectivity index (χ4n) is 3.00. The van der Waals surface area contributed by atoms with E-state index in [2.05, 4.69) is 4.98 Å². The molecule has 3 rings (SSSR count). The highest BCUT2D eigenvalue weighted by molar-refractivity contribution is 6.30. The molecule has 0 aromatic carbocycles. The third kappa shape index (κ3) is 2.77.